The van der Waals surface area contributed by atoms with Crippen molar-refractivity contribution >= 4 is 37.3 Å². The van der Waals surface area contributed by atoms with E-state index in [1.54, 1.807) is 34.1 Å². The first-order valence-corrected chi connectivity index (χ1v) is 20.3. The van der Waals surface area contributed by atoms with Gasteiger partial charge in [-0.25, -0.2) is 9.59 Å². The summed E-state index contributed by atoms with van der Waals surface area (Å²) in [5.41, 5.74) is 0.771. The topological polar surface area (TPSA) is 257 Å². The molecule has 0 saturated carbocycles. The SMILES string of the molecule is O=C(O)c1c(OC2CN(C(=O)CC3CCCNC3)C2)ccc2c1O[B-](O)(O)CC2.O=C(O)c1c(OC2CN(C(=O)CC3CCCNC3)C2)ccc2c1O[B-](O)(O)CC2.[Na+].[Na+]. The quantitative estimate of drug-likeness (QED) is 0.104. The third-order valence-corrected chi connectivity index (χ3v) is 11.7. The first-order chi connectivity index (χ1) is 27.6. The third-order valence-electron chi connectivity index (χ3n) is 11.7. The number of carbonyl (C=O) groups is 4. The molecule has 0 aromatic heterocycles. The second-order valence-electron chi connectivity index (χ2n) is 16.4. The Morgan fingerprint density at radius 3 is 1.37 bits per heavy atom. The van der Waals surface area contributed by atoms with Crippen LogP contribution < -0.4 is 88.5 Å². The number of hydrogen-bond donors (Lipinski definition) is 8. The molecule has 2 amide bonds. The number of fused-ring (bicyclic) bond motifs is 2. The predicted molar refractivity (Wildman–Crippen MR) is 208 cm³/mol. The van der Waals surface area contributed by atoms with Crippen LogP contribution in [0.25, 0.3) is 0 Å². The van der Waals surface area contributed by atoms with E-state index in [-0.39, 0.29) is 130 Å². The van der Waals surface area contributed by atoms with E-state index < -0.39 is 25.4 Å². The van der Waals surface area contributed by atoms with Crippen LogP contribution in [-0.4, -0.2) is 142 Å². The number of benzene rings is 2. The van der Waals surface area contributed by atoms with Gasteiger partial charge in [0.15, 0.2) is 0 Å². The fraction of sp³-hybridized carbons (Fsp3) is 0.579. The number of carbonyl (C=O) groups excluding carboxylic acids is 2. The zero-order valence-electron chi connectivity index (χ0n) is 34.3. The summed E-state index contributed by atoms with van der Waals surface area (Å²) >= 11 is 0. The van der Waals surface area contributed by atoms with Crippen molar-refractivity contribution in [3.05, 3.63) is 46.5 Å². The molecule has 8 N–H and O–H groups in total. The molecule has 0 spiro atoms. The van der Waals surface area contributed by atoms with Gasteiger partial charge in [0.25, 0.3) is 0 Å². The van der Waals surface area contributed by atoms with Crippen molar-refractivity contribution in [2.45, 2.75) is 76.2 Å². The van der Waals surface area contributed by atoms with Gasteiger partial charge >= 0.3 is 84.6 Å². The molecular formula is C38H52B2N4Na2O14. The van der Waals surface area contributed by atoms with Crippen molar-refractivity contribution in [3.63, 3.8) is 0 Å². The molecule has 8 rings (SSSR count). The molecule has 0 bridgehead atoms. The van der Waals surface area contributed by atoms with Gasteiger partial charge in [0, 0.05) is 12.8 Å². The Hall–Kier alpha value is -2.59. The smallest absolute Gasteiger partial charge is 0.669 e. The largest absolute Gasteiger partial charge is 1.00 e. The van der Waals surface area contributed by atoms with Crippen LogP contribution in [0.2, 0.25) is 12.6 Å². The van der Waals surface area contributed by atoms with Crippen molar-refractivity contribution in [3.8, 4) is 23.0 Å². The van der Waals surface area contributed by atoms with Crippen molar-refractivity contribution < 1.29 is 127 Å². The van der Waals surface area contributed by atoms with Gasteiger partial charge in [-0.3, -0.25) is 9.59 Å². The fourth-order valence-electron chi connectivity index (χ4n) is 8.40. The number of amides is 2. The number of ether oxygens (including phenoxy) is 2. The molecule has 4 saturated heterocycles. The van der Waals surface area contributed by atoms with Crippen LogP contribution in [0.1, 0.15) is 70.4 Å². The Bertz CT molecular complexity index is 1750. The number of piperidine rings is 2. The van der Waals surface area contributed by atoms with Crippen LogP contribution in [0.5, 0.6) is 23.0 Å². The fourth-order valence-corrected chi connectivity index (χ4v) is 8.40. The van der Waals surface area contributed by atoms with Crippen LogP contribution in [0, 0.1) is 11.8 Å². The standard InChI is InChI=1S/2C19H26BN2O7.2Na/c2*23-16(8-12-2-1-7-21-9-12)22-10-14(11-22)28-15-4-3-13-5-6-20(26,27)29-18(13)17(15)19(24)25;;/h2*3-4,12,14,21,26-27H,1-2,5-11H2,(H,24,25);;/q2*-1;2*+1. The summed E-state index contributed by atoms with van der Waals surface area (Å²) in [5.74, 6) is -1.48. The average molecular weight is 856 g/mol. The number of hydrogen-bond acceptors (Lipinski definition) is 14. The number of aromatic carboxylic acids is 2. The summed E-state index contributed by atoms with van der Waals surface area (Å²) in [5, 5.41) is 65.1. The van der Waals surface area contributed by atoms with Crippen molar-refractivity contribution in [1.82, 2.24) is 20.4 Å². The van der Waals surface area contributed by atoms with Crippen LogP contribution >= 0.6 is 0 Å². The van der Waals surface area contributed by atoms with Crippen molar-refractivity contribution in [2.75, 3.05) is 52.4 Å². The molecule has 2 atom stereocenters. The summed E-state index contributed by atoms with van der Waals surface area (Å²) in [6.45, 7) is -0.764. The number of nitrogens with zero attached hydrogens (tertiary/aromatic N) is 2. The molecule has 60 heavy (non-hydrogen) atoms. The van der Waals surface area contributed by atoms with E-state index in [0.29, 0.717) is 74.8 Å². The predicted octanol–water partition coefficient (Wildman–Crippen LogP) is -5.55. The molecule has 22 heteroatoms. The number of likely N-dealkylation sites (tertiary alicyclic amines) is 2. The Morgan fingerprint density at radius 2 is 1.03 bits per heavy atom. The van der Waals surface area contributed by atoms with Crippen LogP contribution in [0.15, 0.2) is 24.3 Å². The molecule has 4 fully saturated rings. The van der Waals surface area contributed by atoms with E-state index in [1.807, 2.05) is 0 Å². The van der Waals surface area contributed by atoms with Crippen LogP contribution in [0.3, 0.4) is 0 Å². The van der Waals surface area contributed by atoms with Gasteiger partial charge in [-0.1, -0.05) is 24.8 Å². The molecular weight excluding hydrogens is 804 g/mol. The van der Waals surface area contributed by atoms with E-state index in [2.05, 4.69) is 10.6 Å². The number of carboxylic acids is 2. The Kier molecular flexibility index (Phi) is 16.7. The second-order valence-corrected chi connectivity index (χ2v) is 16.4. The minimum atomic E-state index is -3.07. The van der Waals surface area contributed by atoms with Gasteiger partial charge in [0.1, 0.15) is 34.8 Å². The molecule has 6 heterocycles. The Labute approximate surface area is 392 Å². The monoisotopic (exact) mass is 856 g/mol. The summed E-state index contributed by atoms with van der Waals surface area (Å²) < 4.78 is 22.0. The average Bonchev–Trinajstić information content (AvgIpc) is 3.13. The number of aryl methyl sites for hydroxylation is 2. The van der Waals surface area contributed by atoms with Gasteiger partial charge < -0.3 is 69.5 Å². The number of nitrogens with one attached hydrogen (secondary N) is 2. The molecule has 2 aromatic rings. The number of carboxylic acid groups (broad SMARTS) is 2. The molecule has 0 aliphatic carbocycles. The molecule has 316 valence electrons. The zero-order valence-corrected chi connectivity index (χ0v) is 38.3. The molecule has 2 aromatic carbocycles. The van der Waals surface area contributed by atoms with Crippen LogP contribution in [0.4, 0.5) is 0 Å². The van der Waals surface area contributed by atoms with Gasteiger partial charge in [0.2, 0.25) is 11.8 Å². The maximum absolute atomic E-state index is 12.4. The maximum Gasteiger partial charge on any atom is 1.00 e. The summed E-state index contributed by atoms with van der Waals surface area (Å²) in [6.07, 6.45) is 5.38. The van der Waals surface area contributed by atoms with Gasteiger partial charge in [-0.2, -0.15) is 0 Å². The molecule has 18 nitrogen and oxygen atoms in total. The van der Waals surface area contributed by atoms with Crippen LogP contribution in [-0.2, 0) is 22.4 Å². The molecule has 0 radical (unpaired) electrons. The molecule has 6 aliphatic heterocycles. The zero-order chi connectivity index (χ0) is 41.2. The van der Waals surface area contributed by atoms with Crippen molar-refractivity contribution in [1.29, 1.82) is 0 Å². The van der Waals surface area contributed by atoms with Gasteiger partial charge in [-0.05, 0) is 99.8 Å². The number of rotatable bonds is 10. The van der Waals surface area contributed by atoms with E-state index in [1.165, 1.54) is 0 Å². The normalized spacial score (nSPS) is 22.7. The van der Waals surface area contributed by atoms with E-state index in [4.69, 9.17) is 18.8 Å². The summed E-state index contributed by atoms with van der Waals surface area (Å²) in [6, 6.07) is 6.50. The van der Waals surface area contributed by atoms with E-state index in [9.17, 15) is 49.5 Å². The minimum absolute atomic E-state index is 0. The minimum Gasteiger partial charge on any atom is -0.669 e. The first-order valence-electron chi connectivity index (χ1n) is 20.3. The Balaban J connectivity index is 0.000000220. The van der Waals surface area contributed by atoms with E-state index in [0.717, 1.165) is 51.9 Å². The Morgan fingerprint density at radius 1 is 0.650 bits per heavy atom. The van der Waals surface area contributed by atoms with Gasteiger partial charge in [-0.15, -0.1) is 0 Å². The van der Waals surface area contributed by atoms with Gasteiger partial charge in [0.05, 0.1) is 37.7 Å². The second kappa shape index (κ2) is 20.7. The molecule has 2 unspecified atom stereocenters. The van der Waals surface area contributed by atoms with E-state index >= 15 is 0 Å². The molecule has 6 aliphatic rings. The summed E-state index contributed by atoms with van der Waals surface area (Å²) in [4.78, 5) is 51.9. The van der Waals surface area contributed by atoms with Crippen molar-refractivity contribution in [2.24, 2.45) is 11.8 Å². The summed E-state index contributed by atoms with van der Waals surface area (Å²) in [7, 11) is 0. The maximum atomic E-state index is 12.4. The first kappa shape index (κ1) is 48.4. The third kappa shape index (κ3) is 11.9.